The molecule has 1 aromatic heterocycles. The molecule has 0 fully saturated rings. The van der Waals surface area contributed by atoms with Crippen molar-refractivity contribution in [1.29, 1.82) is 0 Å². The summed E-state index contributed by atoms with van der Waals surface area (Å²) in [7, 11) is -3.10. The molecule has 0 saturated heterocycles. The molecule has 0 bridgehead atoms. The quantitative estimate of drug-likeness (QED) is 0.904. The van der Waals surface area contributed by atoms with E-state index in [-0.39, 0.29) is 18.1 Å². The summed E-state index contributed by atoms with van der Waals surface area (Å²) in [5, 5.41) is 3.71. The number of carbonyl (C=O) groups is 1. The van der Waals surface area contributed by atoms with Crippen LogP contribution in [0.25, 0.3) is 10.1 Å². The first-order valence-corrected chi connectivity index (χ1v) is 8.57. The lowest BCUT2D eigenvalue weighted by Crippen LogP contribution is -2.25. The van der Waals surface area contributed by atoms with Crippen molar-refractivity contribution in [3.63, 3.8) is 0 Å². The van der Waals surface area contributed by atoms with Crippen LogP contribution in [0.2, 0.25) is 0 Å². The number of rotatable bonds is 5. The van der Waals surface area contributed by atoms with Gasteiger partial charge in [0.1, 0.15) is 9.84 Å². The van der Waals surface area contributed by atoms with Gasteiger partial charge in [-0.25, -0.2) is 8.42 Å². The Morgan fingerprint density at radius 1 is 1.37 bits per heavy atom. The molecule has 2 aromatic rings. The van der Waals surface area contributed by atoms with E-state index in [0.717, 1.165) is 22.0 Å². The normalized spacial score (nSPS) is 11.6. The Hall–Kier alpha value is -1.47. The summed E-state index contributed by atoms with van der Waals surface area (Å²) in [6.45, 7) is 0.326. The van der Waals surface area contributed by atoms with Crippen LogP contribution in [-0.4, -0.2) is 30.7 Å². The molecule has 5 nitrogen and oxygen atoms in total. The number of benzene rings is 1. The lowest BCUT2D eigenvalue weighted by Gasteiger charge is -2.03. The molecule has 1 heterocycles. The standard InChI is InChI=1S/C12H14N2O3S2/c1-19(16,17)7-6-12(15)13-8-10-9-4-2-3-5-11(9)18-14-10/h2-5H,6-8H2,1H3,(H,13,15). The Kier molecular flexibility index (Phi) is 4.16. The minimum atomic E-state index is -3.10. The van der Waals surface area contributed by atoms with E-state index < -0.39 is 9.84 Å². The predicted molar refractivity (Wildman–Crippen MR) is 75.8 cm³/mol. The number of fused-ring (bicyclic) bond motifs is 1. The minimum Gasteiger partial charge on any atom is -0.350 e. The van der Waals surface area contributed by atoms with Crippen molar-refractivity contribution < 1.29 is 13.2 Å². The lowest BCUT2D eigenvalue weighted by atomic mass is 10.2. The topological polar surface area (TPSA) is 76.1 Å². The van der Waals surface area contributed by atoms with Gasteiger partial charge in [-0.15, -0.1) is 0 Å². The molecular weight excluding hydrogens is 284 g/mol. The Bertz CT molecular complexity index is 692. The third-order valence-electron chi connectivity index (χ3n) is 2.61. The average molecular weight is 298 g/mol. The number of carbonyl (C=O) groups excluding carboxylic acids is 1. The van der Waals surface area contributed by atoms with Crippen LogP contribution in [0.3, 0.4) is 0 Å². The van der Waals surface area contributed by atoms with E-state index in [1.807, 2.05) is 24.3 Å². The van der Waals surface area contributed by atoms with Crippen molar-refractivity contribution in [3.8, 4) is 0 Å². The summed E-state index contributed by atoms with van der Waals surface area (Å²) in [4.78, 5) is 11.5. The van der Waals surface area contributed by atoms with Gasteiger partial charge in [0.15, 0.2) is 0 Å². The third-order valence-corrected chi connectivity index (χ3v) is 4.42. The van der Waals surface area contributed by atoms with Crippen LogP contribution in [0.4, 0.5) is 0 Å². The zero-order valence-corrected chi connectivity index (χ0v) is 12.1. The van der Waals surface area contributed by atoms with Crippen molar-refractivity contribution in [2.24, 2.45) is 0 Å². The summed E-state index contributed by atoms with van der Waals surface area (Å²) >= 11 is 1.39. The van der Waals surface area contributed by atoms with E-state index in [4.69, 9.17) is 0 Å². The summed E-state index contributed by atoms with van der Waals surface area (Å²) in [6, 6.07) is 7.79. The fourth-order valence-corrected chi connectivity index (χ4v) is 2.97. The highest BCUT2D eigenvalue weighted by Crippen LogP contribution is 2.21. The largest absolute Gasteiger partial charge is 0.350 e. The third kappa shape index (κ3) is 4.00. The second-order valence-electron chi connectivity index (χ2n) is 4.28. The SMILES string of the molecule is CS(=O)(=O)CCC(=O)NCc1nsc2ccccc12. The van der Waals surface area contributed by atoms with Crippen LogP contribution in [-0.2, 0) is 21.2 Å². The van der Waals surface area contributed by atoms with Crippen molar-refractivity contribution in [1.82, 2.24) is 9.69 Å². The summed E-state index contributed by atoms with van der Waals surface area (Å²) in [5.41, 5.74) is 0.813. The predicted octanol–water partition coefficient (Wildman–Crippen LogP) is 1.35. The minimum absolute atomic E-state index is 0.0130. The highest BCUT2D eigenvalue weighted by atomic mass is 32.2. The Labute approximate surface area is 115 Å². The molecule has 19 heavy (non-hydrogen) atoms. The number of nitrogens with one attached hydrogen (secondary N) is 1. The average Bonchev–Trinajstić information content (AvgIpc) is 2.76. The van der Waals surface area contributed by atoms with Gasteiger partial charge in [0.2, 0.25) is 5.91 Å². The Morgan fingerprint density at radius 3 is 2.84 bits per heavy atom. The molecule has 0 saturated carbocycles. The molecule has 0 unspecified atom stereocenters. The summed E-state index contributed by atoms with van der Waals surface area (Å²) < 4.78 is 27.3. The first-order valence-electron chi connectivity index (χ1n) is 5.73. The fraction of sp³-hybridized carbons (Fsp3) is 0.333. The van der Waals surface area contributed by atoms with Crippen LogP contribution in [0.1, 0.15) is 12.1 Å². The second kappa shape index (κ2) is 5.66. The molecular formula is C12H14N2O3S2. The van der Waals surface area contributed by atoms with Crippen LogP contribution in [0.15, 0.2) is 24.3 Å². The van der Waals surface area contributed by atoms with Gasteiger partial charge in [-0.1, -0.05) is 18.2 Å². The first kappa shape index (κ1) is 14.0. The second-order valence-corrected chi connectivity index (χ2v) is 7.35. The monoisotopic (exact) mass is 298 g/mol. The molecule has 0 aliphatic carbocycles. The molecule has 0 radical (unpaired) electrons. The van der Waals surface area contributed by atoms with Gasteiger partial charge in [-0.2, -0.15) is 4.37 Å². The van der Waals surface area contributed by atoms with Gasteiger partial charge < -0.3 is 5.32 Å². The maximum Gasteiger partial charge on any atom is 0.221 e. The highest BCUT2D eigenvalue weighted by molar-refractivity contribution is 7.90. The number of hydrogen-bond acceptors (Lipinski definition) is 5. The number of hydrogen-bond donors (Lipinski definition) is 1. The van der Waals surface area contributed by atoms with Gasteiger partial charge in [-0.3, -0.25) is 4.79 Å². The molecule has 2 rings (SSSR count). The van der Waals surface area contributed by atoms with E-state index in [2.05, 4.69) is 9.69 Å². The number of nitrogens with zero attached hydrogens (tertiary/aromatic N) is 1. The van der Waals surface area contributed by atoms with Crippen LogP contribution < -0.4 is 5.32 Å². The maximum atomic E-state index is 11.5. The zero-order valence-electron chi connectivity index (χ0n) is 10.4. The van der Waals surface area contributed by atoms with Gasteiger partial charge in [0, 0.05) is 18.1 Å². The molecule has 7 heteroatoms. The highest BCUT2D eigenvalue weighted by Gasteiger charge is 2.10. The van der Waals surface area contributed by atoms with Gasteiger partial charge >= 0.3 is 0 Å². The molecule has 102 valence electrons. The molecule has 1 aromatic carbocycles. The fourth-order valence-electron chi connectivity index (χ4n) is 1.61. The lowest BCUT2D eigenvalue weighted by molar-refractivity contribution is -0.120. The molecule has 0 atom stereocenters. The van der Waals surface area contributed by atoms with Gasteiger partial charge in [-0.05, 0) is 17.6 Å². The van der Waals surface area contributed by atoms with Crippen LogP contribution in [0, 0.1) is 0 Å². The van der Waals surface area contributed by atoms with E-state index in [0.29, 0.717) is 6.54 Å². The van der Waals surface area contributed by atoms with Crippen LogP contribution in [0.5, 0.6) is 0 Å². The van der Waals surface area contributed by atoms with Crippen molar-refractivity contribution >= 4 is 37.4 Å². The number of amides is 1. The molecule has 0 aliphatic rings. The van der Waals surface area contributed by atoms with E-state index in [9.17, 15) is 13.2 Å². The number of aromatic nitrogens is 1. The molecule has 0 aliphatic heterocycles. The smallest absolute Gasteiger partial charge is 0.221 e. The first-order chi connectivity index (χ1) is 8.96. The maximum absolute atomic E-state index is 11.5. The Morgan fingerprint density at radius 2 is 2.11 bits per heavy atom. The molecule has 0 spiro atoms. The zero-order chi connectivity index (χ0) is 13.9. The van der Waals surface area contributed by atoms with Crippen molar-refractivity contribution in [2.75, 3.05) is 12.0 Å². The van der Waals surface area contributed by atoms with Gasteiger partial charge in [0.05, 0.1) is 22.7 Å². The van der Waals surface area contributed by atoms with E-state index >= 15 is 0 Å². The molecule has 1 amide bonds. The van der Waals surface area contributed by atoms with Gasteiger partial charge in [0.25, 0.3) is 0 Å². The van der Waals surface area contributed by atoms with Crippen molar-refractivity contribution in [2.45, 2.75) is 13.0 Å². The molecule has 1 N–H and O–H groups in total. The summed E-state index contributed by atoms with van der Waals surface area (Å²) in [6.07, 6.45) is 1.11. The van der Waals surface area contributed by atoms with E-state index in [1.54, 1.807) is 0 Å². The van der Waals surface area contributed by atoms with E-state index in [1.165, 1.54) is 11.5 Å². The van der Waals surface area contributed by atoms with Crippen LogP contribution >= 0.6 is 11.5 Å². The summed E-state index contributed by atoms with van der Waals surface area (Å²) in [5.74, 6) is -0.404. The van der Waals surface area contributed by atoms with Crippen molar-refractivity contribution in [3.05, 3.63) is 30.0 Å². The number of sulfone groups is 1. The Balaban J connectivity index is 1.94.